The van der Waals surface area contributed by atoms with Crippen LogP contribution in [-0.4, -0.2) is 46.9 Å². The first-order valence-electron chi connectivity index (χ1n) is 6.36. The standard InChI is InChI=1S/C12H17N5O3/c1-16-4-2-8(3-5-16)15-12(18)10-6-9(17(19)20)7-14-11(10)13/h6-8H,2-5H2,1H3,(H2,13,14)(H,15,18). The maximum atomic E-state index is 12.1. The van der Waals surface area contributed by atoms with Gasteiger partial charge in [-0.3, -0.25) is 14.9 Å². The number of anilines is 1. The highest BCUT2D eigenvalue weighted by Gasteiger charge is 2.22. The van der Waals surface area contributed by atoms with E-state index in [0.717, 1.165) is 38.2 Å². The van der Waals surface area contributed by atoms with Gasteiger partial charge in [0.05, 0.1) is 10.5 Å². The minimum absolute atomic E-state index is 0.000951. The Morgan fingerprint density at radius 1 is 1.55 bits per heavy atom. The number of nitro groups is 1. The van der Waals surface area contributed by atoms with Crippen LogP contribution in [0, 0.1) is 10.1 Å². The van der Waals surface area contributed by atoms with Gasteiger partial charge in [-0.1, -0.05) is 0 Å². The molecule has 0 bridgehead atoms. The van der Waals surface area contributed by atoms with E-state index < -0.39 is 10.8 Å². The number of piperidine rings is 1. The zero-order valence-electron chi connectivity index (χ0n) is 11.2. The summed E-state index contributed by atoms with van der Waals surface area (Å²) < 4.78 is 0. The molecule has 0 saturated carbocycles. The second-order valence-electron chi connectivity index (χ2n) is 4.93. The number of nitrogens with two attached hydrogens (primary N) is 1. The summed E-state index contributed by atoms with van der Waals surface area (Å²) in [4.78, 5) is 28.1. The van der Waals surface area contributed by atoms with Crippen LogP contribution in [0.15, 0.2) is 12.3 Å². The van der Waals surface area contributed by atoms with Gasteiger partial charge < -0.3 is 16.0 Å². The molecule has 0 radical (unpaired) electrons. The second kappa shape index (κ2) is 5.83. The molecule has 108 valence electrons. The van der Waals surface area contributed by atoms with Gasteiger partial charge in [-0.2, -0.15) is 0 Å². The highest BCUT2D eigenvalue weighted by molar-refractivity contribution is 5.99. The molecule has 0 atom stereocenters. The first-order valence-corrected chi connectivity index (χ1v) is 6.36. The van der Waals surface area contributed by atoms with E-state index in [4.69, 9.17) is 5.73 Å². The highest BCUT2D eigenvalue weighted by atomic mass is 16.6. The van der Waals surface area contributed by atoms with E-state index in [-0.39, 0.29) is 23.1 Å². The van der Waals surface area contributed by atoms with E-state index in [1.807, 2.05) is 7.05 Å². The molecule has 1 amide bonds. The first-order chi connectivity index (χ1) is 9.47. The van der Waals surface area contributed by atoms with Crippen molar-refractivity contribution < 1.29 is 9.72 Å². The third-order valence-corrected chi connectivity index (χ3v) is 3.41. The fourth-order valence-corrected chi connectivity index (χ4v) is 2.16. The van der Waals surface area contributed by atoms with Crippen LogP contribution in [0.5, 0.6) is 0 Å². The van der Waals surface area contributed by atoms with Crippen molar-refractivity contribution in [2.45, 2.75) is 18.9 Å². The molecule has 1 aliphatic rings. The van der Waals surface area contributed by atoms with Crippen molar-refractivity contribution in [1.29, 1.82) is 0 Å². The minimum atomic E-state index is -0.598. The predicted molar refractivity (Wildman–Crippen MR) is 73.3 cm³/mol. The van der Waals surface area contributed by atoms with E-state index in [9.17, 15) is 14.9 Å². The van der Waals surface area contributed by atoms with Crippen LogP contribution in [0.25, 0.3) is 0 Å². The third-order valence-electron chi connectivity index (χ3n) is 3.41. The molecule has 0 aromatic carbocycles. The lowest BCUT2D eigenvalue weighted by Crippen LogP contribution is -2.43. The summed E-state index contributed by atoms with van der Waals surface area (Å²) >= 11 is 0. The maximum Gasteiger partial charge on any atom is 0.288 e. The molecule has 8 heteroatoms. The van der Waals surface area contributed by atoms with Gasteiger partial charge in [0.2, 0.25) is 0 Å². The number of likely N-dealkylation sites (tertiary alicyclic amines) is 1. The van der Waals surface area contributed by atoms with Crippen LogP contribution in [0.1, 0.15) is 23.2 Å². The summed E-state index contributed by atoms with van der Waals surface area (Å²) in [7, 11) is 2.03. The Hall–Kier alpha value is -2.22. The number of hydrogen-bond donors (Lipinski definition) is 2. The number of nitrogens with zero attached hydrogens (tertiary/aromatic N) is 3. The molecule has 1 aromatic rings. The van der Waals surface area contributed by atoms with Crippen molar-refractivity contribution in [3.8, 4) is 0 Å². The minimum Gasteiger partial charge on any atom is -0.383 e. The van der Waals surface area contributed by atoms with E-state index in [0.29, 0.717) is 0 Å². The number of pyridine rings is 1. The van der Waals surface area contributed by atoms with E-state index in [2.05, 4.69) is 15.2 Å². The van der Waals surface area contributed by atoms with E-state index in [1.54, 1.807) is 0 Å². The van der Waals surface area contributed by atoms with Crippen LogP contribution in [0.2, 0.25) is 0 Å². The Labute approximate surface area is 116 Å². The summed E-state index contributed by atoms with van der Waals surface area (Å²) in [5.41, 5.74) is 5.43. The van der Waals surface area contributed by atoms with Crippen molar-refractivity contribution >= 4 is 17.4 Å². The molecule has 0 aliphatic carbocycles. The average molecular weight is 279 g/mol. The third kappa shape index (κ3) is 3.21. The van der Waals surface area contributed by atoms with Crippen LogP contribution < -0.4 is 11.1 Å². The Bertz CT molecular complexity index is 526. The van der Waals surface area contributed by atoms with Crippen molar-refractivity contribution in [2.24, 2.45) is 0 Å². The van der Waals surface area contributed by atoms with Gasteiger partial charge in [0.1, 0.15) is 12.0 Å². The number of nitrogens with one attached hydrogen (secondary N) is 1. The molecule has 1 saturated heterocycles. The topological polar surface area (TPSA) is 114 Å². The van der Waals surface area contributed by atoms with Crippen LogP contribution in [0.4, 0.5) is 11.5 Å². The summed E-state index contributed by atoms with van der Waals surface area (Å²) in [6, 6.07) is 1.23. The zero-order valence-corrected chi connectivity index (χ0v) is 11.2. The maximum absolute atomic E-state index is 12.1. The molecule has 0 spiro atoms. The fourth-order valence-electron chi connectivity index (χ4n) is 2.16. The van der Waals surface area contributed by atoms with Crippen molar-refractivity contribution in [2.75, 3.05) is 25.9 Å². The zero-order chi connectivity index (χ0) is 14.7. The summed E-state index contributed by atoms with van der Waals surface area (Å²) in [5, 5.41) is 13.6. The van der Waals surface area contributed by atoms with Gasteiger partial charge in [-0.25, -0.2) is 4.98 Å². The average Bonchev–Trinajstić information content (AvgIpc) is 2.41. The second-order valence-corrected chi connectivity index (χ2v) is 4.93. The van der Waals surface area contributed by atoms with Gasteiger partial charge in [-0.15, -0.1) is 0 Å². The Balaban J connectivity index is 2.08. The summed E-state index contributed by atoms with van der Waals surface area (Å²) in [6.45, 7) is 1.82. The Morgan fingerprint density at radius 3 is 2.80 bits per heavy atom. The number of aromatic nitrogens is 1. The molecule has 2 heterocycles. The lowest BCUT2D eigenvalue weighted by molar-refractivity contribution is -0.385. The molecule has 3 N–H and O–H groups in total. The SMILES string of the molecule is CN1CCC(NC(=O)c2cc([N+](=O)[O-])cnc2N)CC1. The molecular weight excluding hydrogens is 262 g/mol. The highest BCUT2D eigenvalue weighted by Crippen LogP contribution is 2.17. The van der Waals surface area contributed by atoms with Gasteiger partial charge >= 0.3 is 0 Å². The summed E-state index contributed by atoms with van der Waals surface area (Å²) in [6.07, 6.45) is 2.75. The van der Waals surface area contributed by atoms with Gasteiger partial charge in [-0.05, 0) is 33.0 Å². The lowest BCUT2D eigenvalue weighted by atomic mass is 10.0. The molecule has 8 nitrogen and oxygen atoms in total. The Kier molecular flexibility index (Phi) is 4.14. The largest absolute Gasteiger partial charge is 0.383 e. The number of hydrogen-bond acceptors (Lipinski definition) is 6. The molecular formula is C12H17N5O3. The monoisotopic (exact) mass is 279 g/mol. The van der Waals surface area contributed by atoms with Gasteiger partial charge in [0.25, 0.3) is 11.6 Å². The van der Waals surface area contributed by atoms with Crippen LogP contribution in [0.3, 0.4) is 0 Å². The molecule has 1 fully saturated rings. The van der Waals surface area contributed by atoms with Gasteiger partial charge in [0, 0.05) is 12.1 Å². The molecule has 2 rings (SSSR count). The number of rotatable bonds is 3. The van der Waals surface area contributed by atoms with E-state index in [1.165, 1.54) is 0 Å². The number of carbonyl (C=O) groups excluding carboxylic acids is 1. The molecule has 0 unspecified atom stereocenters. The van der Waals surface area contributed by atoms with Crippen molar-refractivity contribution in [1.82, 2.24) is 15.2 Å². The number of nitrogen functional groups attached to an aromatic ring is 1. The summed E-state index contributed by atoms with van der Waals surface area (Å²) in [5.74, 6) is -0.408. The predicted octanol–water partition coefficient (Wildman–Crippen LogP) is 0.396. The normalized spacial score (nSPS) is 16.9. The van der Waals surface area contributed by atoms with Crippen LogP contribution in [-0.2, 0) is 0 Å². The number of amides is 1. The van der Waals surface area contributed by atoms with Crippen molar-refractivity contribution in [3.05, 3.63) is 27.9 Å². The quantitative estimate of drug-likeness (QED) is 0.611. The molecule has 1 aliphatic heterocycles. The molecule has 20 heavy (non-hydrogen) atoms. The first kappa shape index (κ1) is 14.2. The van der Waals surface area contributed by atoms with E-state index >= 15 is 0 Å². The lowest BCUT2D eigenvalue weighted by Gasteiger charge is -2.29. The smallest absolute Gasteiger partial charge is 0.288 e. The molecule has 1 aromatic heterocycles. The van der Waals surface area contributed by atoms with Crippen LogP contribution >= 0.6 is 0 Å². The number of carbonyl (C=O) groups is 1. The van der Waals surface area contributed by atoms with Gasteiger partial charge in [0.15, 0.2) is 0 Å². The van der Waals surface area contributed by atoms with Crippen molar-refractivity contribution in [3.63, 3.8) is 0 Å². The fraction of sp³-hybridized carbons (Fsp3) is 0.500. The Morgan fingerprint density at radius 2 is 2.20 bits per heavy atom.